The van der Waals surface area contributed by atoms with Crippen molar-refractivity contribution in [2.75, 3.05) is 7.11 Å². The van der Waals surface area contributed by atoms with Crippen LogP contribution in [0.25, 0.3) is 0 Å². The summed E-state index contributed by atoms with van der Waals surface area (Å²) in [7, 11) is 1.44. The maximum atomic E-state index is 11.0. The minimum Gasteiger partial charge on any atom is -0.507 e. The predicted molar refractivity (Wildman–Crippen MR) is 95.0 cm³/mol. The van der Waals surface area contributed by atoms with Gasteiger partial charge in [-0.15, -0.1) is 0 Å². The lowest BCUT2D eigenvalue weighted by Crippen LogP contribution is -1.99. The van der Waals surface area contributed by atoms with E-state index in [1.807, 2.05) is 13.8 Å². The fourth-order valence-corrected chi connectivity index (χ4v) is 2.99. The van der Waals surface area contributed by atoms with Crippen LogP contribution in [-0.4, -0.2) is 18.2 Å². The van der Waals surface area contributed by atoms with Crippen LogP contribution >= 0.6 is 0 Å². The largest absolute Gasteiger partial charge is 0.507 e. The molecule has 1 aromatic carbocycles. The molecule has 0 atom stereocenters. The zero-order chi connectivity index (χ0) is 17.2. The Morgan fingerprint density at radius 3 is 2.13 bits per heavy atom. The second kappa shape index (κ2) is 10.3. The minimum atomic E-state index is -0.103. The van der Waals surface area contributed by atoms with Gasteiger partial charge < -0.3 is 9.84 Å². The van der Waals surface area contributed by atoms with Gasteiger partial charge in [-0.05, 0) is 62.3 Å². The van der Waals surface area contributed by atoms with Gasteiger partial charge in [0.05, 0.1) is 7.11 Å². The molecule has 0 saturated carbocycles. The Bertz CT molecular complexity index is 506. The van der Waals surface area contributed by atoms with E-state index in [1.54, 1.807) is 0 Å². The summed E-state index contributed by atoms with van der Waals surface area (Å²) in [4.78, 5) is 11.0. The number of carbonyl (C=O) groups excluding carboxylic acids is 1. The van der Waals surface area contributed by atoms with Gasteiger partial charge in [0.25, 0.3) is 0 Å². The molecular weight excluding hydrogens is 288 g/mol. The fraction of sp³-hybridized carbons (Fsp3) is 0.650. The van der Waals surface area contributed by atoms with Gasteiger partial charge in [0.1, 0.15) is 5.75 Å². The molecular formula is C20H32O3. The SMILES string of the molecule is COC(=O)CCCCCCCCCc1c(C)cc(C)c(C)c1O. The number of unbranched alkanes of at least 4 members (excludes halogenated alkanes) is 6. The summed E-state index contributed by atoms with van der Waals surface area (Å²) in [5.41, 5.74) is 4.49. The molecule has 0 unspecified atom stereocenters. The monoisotopic (exact) mass is 320 g/mol. The van der Waals surface area contributed by atoms with Gasteiger partial charge in [-0.2, -0.15) is 0 Å². The molecule has 0 aromatic heterocycles. The summed E-state index contributed by atoms with van der Waals surface area (Å²) in [6.45, 7) is 6.12. The number of phenols is 1. The Balaban J connectivity index is 2.17. The molecule has 0 bridgehead atoms. The van der Waals surface area contributed by atoms with Crippen molar-refractivity contribution in [2.24, 2.45) is 0 Å². The van der Waals surface area contributed by atoms with Gasteiger partial charge in [-0.1, -0.05) is 38.2 Å². The molecule has 0 amide bonds. The molecule has 1 rings (SSSR count). The van der Waals surface area contributed by atoms with Crippen molar-refractivity contribution < 1.29 is 14.6 Å². The third-order valence-corrected chi connectivity index (χ3v) is 4.68. The van der Waals surface area contributed by atoms with Gasteiger partial charge in [0.15, 0.2) is 0 Å². The molecule has 0 aliphatic heterocycles. The standard InChI is InChI=1S/C20H32O3/c1-15-14-16(2)18(20(22)17(15)3)12-10-8-6-5-7-9-11-13-19(21)23-4/h14,22H,5-13H2,1-4H3. The van der Waals surface area contributed by atoms with Gasteiger partial charge in [-0.3, -0.25) is 4.79 Å². The molecule has 0 fully saturated rings. The average Bonchev–Trinajstić information content (AvgIpc) is 2.53. The number of ether oxygens (including phenoxy) is 1. The van der Waals surface area contributed by atoms with Gasteiger partial charge in [-0.25, -0.2) is 0 Å². The van der Waals surface area contributed by atoms with E-state index in [0.29, 0.717) is 12.2 Å². The molecule has 3 heteroatoms. The van der Waals surface area contributed by atoms with Crippen molar-refractivity contribution in [1.82, 2.24) is 0 Å². The van der Waals surface area contributed by atoms with Crippen molar-refractivity contribution in [3.63, 3.8) is 0 Å². The van der Waals surface area contributed by atoms with E-state index in [0.717, 1.165) is 42.4 Å². The summed E-state index contributed by atoms with van der Waals surface area (Å²) in [6.07, 6.45) is 9.49. The number of methoxy groups -OCH3 is 1. The second-order valence-electron chi connectivity index (χ2n) is 6.51. The van der Waals surface area contributed by atoms with Crippen molar-refractivity contribution in [3.05, 3.63) is 28.3 Å². The second-order valence-corrected chi connectivity index (χ2v) is 6.51. The van der Waals surface area contributed by atoms with E-state index in [9.17, 15) is 9.90 Å². The molecule has 0 heterocycles. The number of benzene rings is 1. The zero-order valence-corrected chi connectivity index (χ0v) is 15.2. The molecule has 0 spiro atoms. The number of aryl methyl sites for hydroxylation is 2. The van der Waals surface area contributed by atoms with Crippen LogP contribution in [0.4, 0.5) is 0 Å². The summed E-state index contributed by atoms with van der Waals surface area (Å²) in [5, 5.41) is 10.3. The number of hydrogen-bond donors (Lipinski definition) is 1. The maximum Gasteiger partial charge on any atom is 0.305 e. The first-order valence-corrected chi connectivity index (χ1v) is 8.82. The normalized spacial score (nSPS) is 10.8. The van der Waals surface area contributed by atoms with Crippen LogP contribution in [0.3, 0.4) is 0 Å². The smallest absolute Gasteiger partial charge is 0.305 e. The van der Waals surface area contributed by atoms with E-state index in [2.05, 4.69) is 17.7 Å². The minimum absolute atomic E-state index is 0.103. The fourth-order valence-electron chi connectivity index (χ4n) is 2.99. The third-order valence-electron chi connectivity index (χ3n) is 4.68. The summed E-state index contributed by atoms with van der Waals surface area (Å²) in [5.74, 6) is 0.388. The molecule has 0 radical (unpaired) electrons. The first-order valence-electron chi connectivity index (χ1n) is 8.82. The van der Waals surface area contributed by atoms with Crippen LogP contribution in [0, 0.1) is 20.8 Å². The van der Waals surface area contributed by atoms with E-state index in [4.69, 9.17) is 0 Å². The van der Waals surface area contributed by atoms with Crippen LogP contribution in [0.1, 0.15) is 73.6 Å². The van der Waals surface area contributed by atoms with E-state index in [-0.39, 0.29) is 5.97 Å². The summed E-state index contributed by atoms with van der Waals surface area (Å²) >= 11 is 0. The lowest BCUT2D eigenvalue weighted by atomic mass is 9.95. The first kappa shape index (κ1) is 19.5. The maximum absolute atomic E-state index is 11.0. The van der Waals surface area contributed by atoms with Crippen LogP contribution < -0.4 is 0 Å². The number of carbonyl (C=O) groups is 1. The highest BCUT2D eigenvalue weighted by Crippen LogP contribution is 2.29. The molecule has 130 valence electrons. The van der Waals surface area contributed by atoms with E-state index < -0.39 is 0 Å². The van der Waals surface area contributed by atoms with E-state index in [1.165, 1.54) is 38.4 Å². The zero-order valence-electron chi connectivity index (χ0n) is 15.2. The predicted octanol–water partition coefficient (Wildman–Crippen LogP) is 5.15. The Labute approximate surface area is 141 Å². The molecule has 1 aromatic rings. The lowest BCUT2D eigenvalue weighted by Gasteiger charge is -2.13. The van der Waals surface area contributed by atoms with Gasteiger partial charge in [0.2, 0.25) is 0 Å². The number of esters is 1. The highest BCUT2D eigenvalue weighted by atomic mass is 16.5. The van der Waals surface area contributed by atoms with Crippen molar-refractivity contribution in [3.8, 4) is 5.75 Å². The quantitative estimate of drug-likeness (QED) is 0.479. The Hall–Kier alpha value is -1.51. The Morgan fingerprint density at radius 2 is 1.52 bits per heavy atom. The molecule has 0 saturated heterocycles. The molecule has 3 nitrogen and oxygen atoms in total. The number of aromatic hydroxyl groups is 1. The van der Waals surface area contributed by atoms with Crippen LogP contribution in [0.5, 0.6) is 5.75 Å². The summed E-state index contributed by atoms with van der Waals surface area (Å²) < 4.78 is 4.63. The van der Waals surface area contributed by atoms with Gasteiger partial charge in [0, 0.05) is 6.42 Å². The number of rotatable bonds is 10. The molecule has 23 heavy (non-hydrogen) atoms. The van der Waals surface area contributed by atoms with Crippen LogP contribution in [0.2, 0.25) is 0 Å². The van der Waals surface area contributed by atoms with Crippen molar-refractivity contribution in [2.45, 2.75) is 78.6 Å². The molecule has 0 aliphatic rings. The van der Waals surface area contributed by atoms with E-state index >= 15 is 0 Å². The summed E-state index contributed by atoms with van der Waals surface area (Å²) in [6, 6.07) is 2.17. The topological polar surface area (TPSA) is 46.5 Å². The first-order chi connectivity index (χ1) is 11.0. The third kappa shape index (κ3) is 6.64. The Kier molecular flexibility index (Phi) is 8.75. The van der Waals surface area contributed by atoms with Crippen LogP contribution in [0.15, 0.2) is 6.07 Å². The number of hydrogen-bond acceptors (Lipinski definition) is 3. The molecule has 0 aliphatic carbocycles. The lowest BCUT2D eigenvalue weighted by molar-refractivity contribution is -0.140. The highest BCUT2D eigenvalue weighted by molar-refractivity contribution is 5.68. The van der Waals surface area contributed by atoms with Crippen molar-refractivity contribution in [1.29, 1.82) is 0 Å². The Morgan fingerprint density at radius 1 is 0.957 bits per heavy atom. The number of phenolic OH excluding ortho intramolecular Hbond substituents is 1. The van der Waals surface area contributed by atoms with Crippen LogP contribution in [-0.2, 0) is 16.0 Å². The van der Waals surface area contributed by atoms with Crippen molar-refractivity contribution >= 4 is 5.97 Å². The van der Waals surface area contributed by atoms with Gasteiger partial charge >= 0.3 is 5.97 Å². The molecule has 1 N–H and O–H groups in total. The highest BCUT2D eigenvalue weighted by Gasteiger charge is 2.10. The average molecular weight is 320 g/mol.